The van der Waals surface area contributed by atoms with Gasteiger partial charge in [-0.25, -0.2) is 0 Å². The van der Waals surface area contributed by atoms with E-state index in [1.807, 2.05) is 61.7 Å². The lowest BCUT2D eigenvalue weighted by Gasteiger charge is -2.27. The largest absolute Gasteiger partial charge is 0.459 e. The SMILES string of the molecule is Cc1c(Cl)cccc1-c1ccc([C@@H]2[C@@H](c3ccccn3)NC(=S)N2CCN(C)C)o1. The zero-order chi connectivity index (χ0) is 21.3. The summed E-state index contributed by atoms with van der Waals surface area (Å²) in [5.41, 5.74) is 2.94. The Morgan fingerprint density at radius 1 is 1.17 bits per heavy atom. The molecule has 4 rings (SSSR count). The van der Waals surface area contributed by atoms with Crippen molar-refractivity contribution in [3.63, 3.8) is 0 Å². The van der Waals surface area contributed by atoms with Gasteiger partial charge in [0.25, 0.3) is 0 Å². The van der Waals surface area contributed by atoms with Crippen LogP contribution >= 0.6 is 23.8 Å². The Hall–Kier alpha value is -2.41. The maximum atomic E-state index is 6.39. The topological polar surface area (TPSA) is 44.5 Å². The van der Waals surface area contributed by atoms with Crippen LogP contribution in [0.25, 0.3) is 11.3 Å². The summed E-state index contributed by atoms with van der Waals surface area (Å²) in [6.07, 6.45) is 1.81. The van der Waals surface area contributed by atoms with Crippen LogP contribution in [0.3, 0.4) is 0 Å². The number of hydrogen-bond acceptors (Lipinski definition) is 4. The highest BCUT2D eigenvalue weighted by Gasteiger charge is 2.41. The van der Waals surface area contributed by atoms with Gasteiger partial charge < -0.3 is 19.5 Å². The molecule has 2 aromatic heterocycles. The van der Waals surface area contributed by atoms with Crippen LogP contribution in [0.1, 0.15) is 29.1 Å². The average molecular weight is 441 g/mol. The molecule has 0 unspecified atom stereocenters. The summed E-state index contributed by atoms with van der Waals surface area (Å²) in [6, 6.07) is 15.7. The molecule has 0 spiro atoms. The molecule has 2 atom stereocenters. The molecule has 30 heavy (non-hydrogen) atoms. The van der Waals surface area contributed by atoms with E-state index in [4.69, 9.17) is 28.2 Å². The lowest BCUT2D eigenvalue weighted by Crippen LogP contribution is -2.35. The summed E-state index contributed by atoms with van der Waals surface area (Å²) in [6.45, 7) is 3.68. The second-order valence-corrected chi connectivity index (χ2v) is 8.53. The van der Waals surface area contributed by atoms with E-state index in [-0.39, 0.29) is 12.1 Å². The van der Waals surface area contributed by atoms with Crippen molar-refractivity contribution in [1.29, 1.82) is 0 Å². The maximum absolute atomic E-state index is 6.39. The van der Waals surface area contributed by atoms with Crippen LogP contribution in [0, 0.1) is 6.92 Å². The number of benzene rings is 1. The van der Waals surface area contributed by atoms with Crippen LogP contribution in [0.5, 0.6) is 0 Å². The molecule has 0 saturated carbocycles. The molecule has 0 radical (unpaired) electrons. The van der Waals surface area contributed by atoms with Gasteiger partial charge >= 0.3 is 0 Å². The molecule has 0 aliphatic carbocycles. The normalized spacial score (nSPS) is 18.8. The Kier molecular flexibility index (Phi) is 6.09. The highest BCUT2D eigenvalue weighted by Crippen LogP contribution is 2.41. The smallest absolute Gasteiger partial charge is 0.170 e. The number of pyridine rings is 1. The fourth-order valence-corrected chi connectivity index (χ4v) is 4.30. The van der Waals surface area contributed by atoms with Crippen LogP contribution < -0.4 is 5.32 Å². The van der Waals surface area contributed by atoms with E-state index in [0.29, 0.717) is 0 Å². The van der Waals surface area contributed by atoms with E-state index < -0.39 is 0 Å². The molecule has 1 aromatic carbocycles. The standard InChI is InChI=1S/C23H25ClN4OS/c1-15-16(7-6-8-17(15)24)19-10-11-20(29-19)22-21(18-9-4-5-12-25-18)26-23(30)28(22)14-13-27(2)3/h4-12,21-22H,13-14H2,1-3H3,(H,26,30)/t21-,22-/m1/s1. The molecular formula is C23H25ClN4OS. The van der Waals surface area contributed by atoms with E-state index >= 15 is 0 Å². The number of furan rings is 1. The van der Waals surface area contributed by atoms with E-state index in [2.05, 4.69) is 34.2 Å². The monoisotopic (exact) mass is 440 g/mol. The average Bonchev–Trinajstić information content (AvgIpc) is 3.33. The highest BCUT2D eigenvalue weighted by molar-refractivity contribution is 7.80. The van der Waals surface area contributed by atoms with Crippen molar-refractivity contribution in [1.82, 2.24) is 20.1 Å². The summed E-state index contributed by atoms with van der Waals surface area (Å²) in [4.78, 5) is 8.92. The Labute approximate surface area is 187 Å². The first-order valence-electron chi connectivity index (χ1n) is 9.93. The highest BCUT2D eigenvalue weighted by atomic mass is 35.5. The Balaban J connectivity index is 1.72. The molecule has 0 amide bonds. The fourth-order valence-electron chi connectivity index (χ4n) is 3.79. The van der Waals surface area contributed by atoms with Crippen molar-refractivity contribution in [2.24, 2.45) is 0 Å². The van der Waals surface area contributed by atoms with Crippen LogP contribution in [-0.2, 0) is 0 Å². The summed E-state index contributed by atoms with van der Waals surface area (Å²) < 4.78 is 6.39. The van der Waals surface area contributed by atoms with Gasteiger partial charge in [-0.05, 0) is 69.1 Å². The zero-order valence-electron chi connectivity index (χ0n) is 17.3. The number of hydrogen-bond donors (Lipinski definition) is 1. The van der Waals surface area contributed by atoms with Crippen molar-refractivity contribution in [3.05, 3.63) is 76.8 Å². The number of nitrogens with zero attached hydrogens (tertiary/aromatic N) is 3. The van der Waals surface area contributed by atoms with E-state index in [9.17, 15) is 0 Å². The van der Waals surface area contributed by atoms with Crippen molar-refractivity contribution in [2.45, 2.75) is 19.0 Å². The molecule has 1 N–H and O–H groups in total. The van der Waals surface area contributed by atoms with Crippen molar-refractivity contribution < 1.29 is 4.42 Å². The summed E-state index contributed by atoms with van der Waals surface area (Å²) in [7, 11) is 4.12. The van der Waals surface area contributed by atoms with Gasteiger partial charge in [-0.3, -0.25) is 4.98 Å². The van der Waals surface area contributed by atoms with Gasteiger partial charge in [0.2, 0.25) is 0 Å². The quantitative estimate of drug-likeness (QED) is 0.553. The molecule has 1 fully saturated rings. The predicted molar refractivity (Wildman–Crippen MR) is 125 cm³/mol. The van der Waals surface area contributed by atoms with Crippen molar-refractivity contribution >= 4 is 28.9 Å². The molecule has 156 valence electrons. The number of rotatable bonds is 6. The Morgan fingerprint density at radius 3 is 2.73 bits per heavy atom. The molecule has 5 nitrogen and oxygen atoms in total. The van der Waals surface area contributed by atoms with Gasteiger partial charge in [0.1, 0.15) is 17.6 Å². The first-order valence-corrected chi connectivity index (χ1v) is 10.7. The molecule has 3 aromatic rings. The van der Waals surface area contributed by atoms with Gasteiger partial charge in [0.15, 0.2) is 5.11 Å². The molecule has 3 heterocycles. The molecule has 1 aliphatic rings. The van der Waals surface area contributed by atoms with Crippen LogP contribution in [0.15, 0.2) is 59.1 Å². The number of halogens is 1. The van der Waals surface area contributed by atoms with E-state index in [1.165, 1.54) is 0 Å². The number of likely N-dealkylation sites (N-methyl/N-ethyl adjacent to an activating group) is 1. The fraction of sp³-hybridized carbons (Fsp3) is 0.304. The third kappa shape index (κ3) is 4.08. The Bertz CT molecular complexity index is 1040. The second kappa shape index (κ2) is 8.76. The third-order valence-electron chi connectivity index (χ3n) is 5.44. The maximum Gasteiger partial charge on any atom is 0.170 e. The minimum Gasteiger partial charge on any atom is -0.459 e. The van der Waals surface area contributed by atoms with Crippen LogP contribution in [0.4, 0.5) is 0 Å². The predicted octanol–water partition coefficient (Wildman–Crippen LogP) is 4.84. The van der Waals surface area contributed by atoms with Gasteiger partial charge in [-0.1, -0.05) is 29.8 Å². The molecule has 1 aliphatic heterocycles. The molecule has 1 saturated heterocycles. The molecule has 7 heteroatoms. The zero-order valence-corrected chi connectivity index (χ0v) is 18.9. The summed E-state index contributed by atoms with van der Waals surface area (Å²) in [5.74, 6) is 1.65. The summed E-state index contributed by atoms with van der Waals surface area (Å²) in [5, 5.41) is 4.90. The van der Waals surface area contributed by atoms with Gasteiger partial charge in [0.05, 0.1) is 11.7 Å². The van der Waals surface area contributed by atoms with Crippen molar-refractivity contribution in [3.8, 4) is 11.3 Å². The lowest BCUT2D eigenvalue weighted by molar-refractivity contribution is 0.250. The number of thiocarbonyl (C=S) groups is 1. The first-order chi connectivity index (χ1) is 14.5. The van der Waals surface area contributed by atoms with Crippen LogP contribution in [0.2, 0.25) is 5.02 Å². The van der Waals surface area contributed by atoms with Crippen LogP contribution in [-0.4, -0.2) is 47.1 Å². The van der Waals surface area contributed by atoms with Gasteiger partial charge in [-0.2, -0.15) is 0 Å². The minimum atomic E-state index is -0.0830. The third-order valence-corrected chi connectivity index (χ3v) is 6.20. The minimum absolute atomic E-state index is 0.0828. The lowest BCUT2D eigenvalue weighted by atomic mass is 10.0. The first kappa shape index (κ1) is 20.8. The van der Waals surface area contributed by atoms with Crippen molar-refractivity contribution in [2.75, 3.05) is 27.2 Å². The molecule has 0 bridgehead atoms. The number of aromatic nitrogens is 1. The second-order valence-electron chi connectivity index (χ2n) is 7.74. The molecular weight excluding hydrogens is 416 g/mol. The van der Waals surface area contributed by atoms with Gasteiger partial charge in [0, 0.05) is 29.9 Å². The number of nitrogens with one attached hydrogen (secondary N) is 1. The summed E-state index contributed by atoms with van der Waals surface area (Å²) >= 11 is 12.0. The van der Waals surface area contributed by atoms with E-state index in [1.54, 1.807) is 0 Å². The van der Waals surface area contributed by atoms with Gasteiger partial charge in [-0.15, -0.1) is 0 Å². The van der Waals surface area contributed by atoms with E-state index in [0.717, 1.165) is 51.6 Å². The Morgan fingerprint density at radius 2 is 2.00 bits per heavy atom.